The summed E-state index contributed by atoms with van der Waals surface area (Å²) in [6.45, 7) is 0. The van der Waals surface area contributed by atoms with Crippen LogP contribution in [-0.2, 0) is 0 Å². The summed E-state index contributed by atoms with van der Waals surface area (Å²) in [4.78, 5) is 18.2. The van der Waals surface area contributed by atoms with E-state index >= 15 is 0 Å². The number of carbonyl (C=O) groups excluding carboxylic acids is 1. The number of anilines is 3. The minimum Gasteiger partial charge on any atom is -0.497 e. The molecule has 0 saturated heterocycles. The van der Waals surface area contributed by atoms with Gasteiger partial charge in [-0.2, -0.15) is 0 Å². The van der Waals surface area contributed by atoms with Gasteiger partial charge in [0.1, 0.15) is 11.5 Å². The number of urea groups is 1. The molecule has 0 saturated carbocycles. The van der Waals surface area contributed by atoms with Crippen LogP contribution in [0.5, 0.6) is 11.5 Å². The molecule has 1 heterocycles. The Morgan fingerprint density at radius 3 is 2.58 bits per heavy atom. The highest BCUT2D eigenvalue weighted by atomic mass is 32.2. The van der Waals surface area contributed by atoms with E-state index in [0.29, 0.717) is 22.9 Å². The van der Waals surface area contributed by atoms with Crippen LogP contribution in [0.1, 0.15) is 0 Å². The van der Waals surface area contributed by atoms with Crippen LogP contribution in [0.2, 0.25) is 0 Å². The Labute approximate surface area is 187 Å². The highest BCUT2D eigenvalue weighted by Gasteiger charge is 2.11. The fourth-order valence-electron chi connectivity index (χ4n) is 2.84. The topological polar surface area (TPSA) is 84.5 Å². The van der Waals surface area contributed by atoms with Crippen molar-refractivity contribution in [1.82, 2.24) is 4.98 Å². The molecule has 2 amide bonds. The third kappa shape index (κ3) is 5.19. The third-order valence-electron chi connectivity index (χ3n) is 4.30. The van der Waals surface area contributed by atoms with E-state index in [4.69, 9.17) is 9.47 Å². The Bertz CT molecular complexity index is 1200. The second-order valence-corrected chi connectivity index (χ2v) is 8.27. The molecule has 158 valence electrons. The highest BCUT2D eigenvalue weighted by Crippen LogP contribution is 2.32. The van der Waals surface area contributed by atoms with Crippen molar-refractivity contribution in [3.05, 3.63) is 66.7 Å². The van der Waals surface area contributed by atoms with Crippen molar-refractivity contribution in [3.63, 3.8) is 0 Å². The first kappa shape index (κ1) is 20.8. The van der Waals surface area contributed by atoms with Gasteiger partial charge in [-0.1, -0.05) is 29.5 Å². The summed E-state index contributed by atoms with van der Waals surface area (Å²) in [5, 5.41) is 6.42. The molecule has 0 aliphatic carbocycles. The average Bonchev–Trinajstić information content (AvgIpc) is 3.20. The molecule has 31 heavy (non-hydrogen) atoms. The van der Waals surface area contributed by atoms with Gasteiger partial charge >= 0.3 is 6.03 Å². The number of aromatic nitrogens is 1. The number of hydrogen-bond donors (Lipinski definition) is 3. The first-order chi connectivity index (χ1) is 15.1. The van der Waals surface area contributed by atoms with Gasteiger partial charge in [0.2, 0.25) is 0 Å². The zero-order chi connectivity index (χ0) is 21.6. The lowest BCUT2D eigenvalue weighted by molar-refractivity contribution is 0.262. The zero-order valence-electron chi connectivity index (χ0n) is 16.8. The van der Waals surface area contributed by atoms with Crippen LogP contribution in [-0.4, -0.2) is 25.2 Å². The van der Waals surface area contributed by atoms with Crippen LogP contribution in [0.4, 0.5) is 21.3 Å². The van der Waals surface area contributed by atoms with Gasteiger partial charge in [0.25, 0.3) is 0 Å². The van der Waals surface area contributed by atoms with Crippen molar-refractivity contribution in [1.29, 1.82) is 0 Å². The second kappa shape index (κ2) is 9.59. The molecule has 4 aromatic rings. The molecule has 1 aromatic heterocycles. The maximum absolute atomic E-state index is 12.5. The number of nitrogens with one attached hydrogen (secondary N) is 3. The minimum absolute atomic E-state index is 0.390. The minimum atomic E-state index is -0.390. The van der Waals surface area contributed by atoms with E-state index in [1.165, 1.54) is 11.9 Å². The molecule has 0 aliphatic rings. The van der Waals surface area contributed by atoms with Crippen LogP contribution in [0, 0.1) is 0 Å². The van der Waals surface area contributed by atoms with E-state index < -0.39 is 0 Å². The number of thiazole rings is 1. The van der Waals surface area contributed by atoms with Crippen LogP contribution in [0.3, 0.4) is 0 Å². The van der Waals surface area contributed by atoms with Crippen molar-refractivity contribution in [2.24, 2.45) is 0 Å². The van der Waals surface area contributed by atoms with Gasteiger partial charge in [0, 0.05) is 16.6 Å². The van der Waals surface area contributed by atoms with Gasteiger partial charge < -0.3 is 24.8 Å². The fraction of sp³-hybridized carbons (Fsp3) is 0.0909. The van der Waals surface area contributed by atoms with Crippen LogP contribution in [0.15, 0.2) is 71.6 Å². The molecule has 3 N–H and O–H groups in total. The average molecular weight is 453 g/mol. The van der Waals surface area contributed by atoms with E-state index in [2.05, 4.69) is 20.3 Å². The molecule has 3 aromatic carbocycles. The lowest BCUT2D eigenvalue weighted by atomic mass is 10.2. The summed E-state index contributed by atoms with van der Waals surface area (Å²) in [5.74, 6) is 1.16. The van der Waals surface area contributed by atoms with Crippen molar-refractivity contribution in [2.75, 3.05) is 29.6 Å². The molecule has 0 aliphatic heterocycles. The number of amides is 2. The summed E-state index contributed by atoms with van der Waals surface area (Å²) >= 11 is 3.06. The lowest BCUT2D eigenvalue weighted by Crippen LogP contribution is -2.19. The maximum atomic E-state index is 12.5. The van der Waals surface area contributed by atoms with E-state index in [9.17, 15) is 4.79 Å². The smallest absolute Gasteiger partial charge is 0.323 e. The van der Waals surface area contributed by atoms with Gasteiger partial charge in [-0.05, 0) is 54.4 Å². The number of methoxy groups -OCH3 is 2. The number of nitrogens with zero attached hydrogens (tertiary/aromatic N) is 1. The summed E-state index contributed by atoms with van der Waals surface area (Å²) in [6, 6.07) is 20.5. The molecule has 4 rings (SSSR count). The molecule has 0 spiro atoms. The van der Waals surface area contributed by atoms with Crippen molar-refractivity contribution in [2.45, 2.75) is 4.90 Å². The van der Waals surface area contributed by atoms with Gasteiger partial charge in [0.15, 0.2) is 5.13 Å². The molecular weight excluding hydrogens is 432 g/mol. The van der Waals surface area contributed by atoms with Crippen LogP contribution in [0.25, 0.3) is 10.2 Å². The standard InChI is InChI=1S/C22H20N4O3S2/c1-28-15-9-10-19(29-2)17(13-15)24-21(27)23-14-8-11-20-18(12-14)25-22(30-20)26-31-16-6-4-3-5-7-16/h3-13H,1-2H3,(H,25,26)(H2,23,24,27). The molecule has 0 bridgehead atoms. The van der Waals surface area contributed by atoms with Crippen molar-refractivity contribution < 1.29 is 14.3 Å². The van der Waals surface area contributed by atoms with Crippen LogP contribution < -0.4 is 24.8 Å². The highest BCUT2D eigenvalue weighted by molar-refractivity contribution is 8.00. The van der Waals surface area contributed by atoms with Crippen LogP contribution >= 0.6 is 23.3 Å². The monoisotopic (exact) mass is 452 g/mol. The molecular formula is C22H20N4O3S2. The van der Waals surface area contributed by atoms with Gasteiger partial charge in [-0.25, -0.2) is 9.78 Å². The zero-order valence-corrected chi connectivity index (χ0v) is 18.5. The second-order valence-electron chi connectivity index (χ2n) is 6.36. The first-order valence-electron chi connectivity index (χ1n) is 9.33. The summed E-state index contributed by atoms with van der Waals surface area (Å²) in [7, 11) is 3.11. The molecule has 9 heteroatoms. The van der Waals surface area contributed by atoms with Crippen molar-refractivity contribution in [3.8, 4) is 11.5 Å². The van der Waals surface area contributed by atoms with E-state index in [1.807, 2.05) is 48.5 Å². The normalized spacial score (nSPS) is 10.5. The predicted octanol–water partition coefficient (Wildman–Crippen LogP) is 6.08. The Hall–Kier alpha value is -3.43. The number of carbonyl (C=O) groups is 1. The summed E-state index contributed by atoms with van der Waals surface area (Å²) < 4.78 is 14.8. The maximum Gasteiger partial charge on any atom is 0.323 e. The van der Waals surface area contributed by atoms with Gasteiger partial charge in [0.05, 0.1) is 30.1 Å². The Morgan fingerprint density at radius 2 is 1.81 bits per heavy atom. The lowest BCUT2D eigenvalue weighted by Gasteiger charge is -2.12. The quantitative estimate of drug-likeness (QED) is 0.295. The number of hydrogen-bond acceptors (Lipinski definition) is 7. The number of fused-ring (bicyclic) bond motifs is 1. The SMILES string of the molecule is COc1ccc(OC)c(NC(=O)Nc2ccc3sc(NSc4ccccc4)nc3c2)c1. The molecule has 0 fully saturated rings. The van der Waals surface area contributed by atoms with E-state index in [1.54, 1.807) is 43.8 Å². The van der Waals surface area contributed by atoms with E-state index in [-0.39, 0.29) is 6.03 Å². The molecule has 0 radical (unpaired) electrons. The van der Waals surface area contributed by atoms with Gasteiger partial charge in [-0.3, -0.25) is 0 Å². The predicted molar refractivity (Wildman–Crippen MR) is 128 cm³/mol. The third-order valence-corrected chi connectivity index (χ3v) is 6.18. The molecule has 7 nitrogen and oxygen atoms in total. The number of rotatable bonds is 7. The van der Waals surface area contributed by atoms with Gasteiger partial charge in [-0.15, -0.1) is 0 Å². The largest absolute Gasteiger partial charge is 0.497 e. The molecule has 0 atom stereocenters. The summed E-state index contributed by atoms with van der Waals surface area (Å²) in [5.41, 5.74) is 1.95. The van der Waals surface area contributed by atoms with E-state index in [0.717, 1.165) is 20.2 Å². The number of ether oxygens (including phenoxy) is 2. The Balaban J connectivity index is 1.43. The first-order valence-corrected chi connectivity index (χ1v) is 11.0. The summed E-state index contributed by atoms with van der Waals surface area (Å²) in [6.07, 6.45) is 0. The Morgan fingerprint density at radius 1 is 0.968 bits per heavy atom. The fourth-order valence-corrected chi connectivity index (χ4v) is 4.37. The van der Waals surface area contributed by atoms with Crippen molar-refractivity contribution >= 4 is 56.0 Å². The molecule has 0 unspecified atom stereocenters. The Kier molecular flexibility index (Phi) is 6.44. The number of benzene rings is 3.